The Labute approximate surface area is 481 Å². The van der Waals surface area contributed by atoms with Crippen LogP contribution in [0.3, 0.4) is 0 Å². The highest BCUT2D eigenvalue weighted by Crippen LogP contribution is 2.18. The molecule has 454 valence electrons. The van der Waals surface area contributed by atoms with Crippen LogP contribution in [0, 0.1) is 0 Å². The molecule has 0 aromatic carbocycles. The van der Waals surface area contributed by atoms with E-state index in [9.17, 15) is 19.8 Å². The second kappa shape index (κ2) is 66.6. The molecule has 2 unspecified atom stereocenters. The van der Waals surface area contributed by atoms with Gasteiger partial charge in [0.05, 0.1) is 25.4 Å². The summed E-state index contributed by atoms with van der Waals surface area (Å²) >= 11 is 0. The second-order valence-electron chi connectivity index (χ2n) is 23.9. The minimum atomic E-state index is -0.843. The summed E-state index contributed by atoms with van der Waals surface area (Å²) in [4.78, 5) is 24.5. The molecule has 0 saturated heterocycles. The largest absolute Gasteiger partial charge is 0.466 e. The molecule has 1 amide bonds. The van der Waals surface area contributed by atoms with Gasteiger partial charge in [-0.25, -0.2) is 0 Å². The molecule has 0 aliphatic carbocycles. The monoisotopic (exact) mass is 1080 g/mol. The van der Waals surface area contributed by atoms with E-state index in [4.69, 9.17) is 4.74 Å². The molecule has 2 atom stereocenters. The summed E-state index contributed by atoms with van der Waals surface area (Å²) in [5.41, 5.74) is 0. The molecule has 0 bridgehead atoms. The Morgan fingerprint density at radius 2 is 0.610 bits per heavy atom. The van der Waals surface area contributed by atoms with Gasteiger partial charge in [-0.3, -0.25) is 9.59 Å². The lowest BCUT2D eigenvalue weighted by Gasteiger charge is -2.20. The number of carbonyl (C=O) groups is 2. The highest BCUT2D eigenvalue weighted by molar-refractivity contribution is 5.76. The van der Waals surface area contributed by atoms with E-state index in [-0.39, 0.29) is 18.5 Å². The Morgan fingerprint density at radius 1 is 0.351 bits per heavy atom. The van der Waals surface area contributed by atoms with Crippen LogP contribution in [0.4, 0.5) is 0 Å². The molecule has 0 rings (SSSR count). The maximum Gasteiger partial charge on any atom is 0.305 e. The van der Waals surface area contributed by atoms with Crippen molar-refractivity contribution in [2.75, 3.05) is 13.2 Å². The smallest absolute Gasteiger partial charge is 0.305 e. The van der Waals surface area contributed by atoms with Gasteiger partial charge >= 0.3 is 5.97 Å². The first-order chi connectivity index (χ1) is 38.0. The van der Waals surface area contributed by atoms with Gasteiger partial charge < -0.3 is 20.3 Å². The topological polar surface area (TPSA) is 95.9 Å². The summed E-state index contributed by atoms with van der Waals surface area (Å²) in [6.07, 6.45) is 85.1. The average Bonchev–Trinajstić information content (AvgIpc) is 3.43. The minimum Gasteiger partial charge on any atom is -0.466 e. The number of allylic oxidation sites excluding steroid dienone is 5. The van der Waals surface area contributed by atoms with Crippen LogP contribution in [0.1, 0.15) is 380 Å². The Bertz CT molecular complexity index is 1250. The van der Waals surface area contributed by atoms with Gasteiger partial charge in [0.15, 0.2) is 0 Å². The molecule has 0 aromatic rings. The maximum absolute atomic E-state index is 12.5. The lowest BCUT2D eigenvalue weighted by molar-refractivity contribution is -0.143. The fraction of sp³-hybridized carbons (Fsp3) is 0.887. The second-order valence-corrected chi connectivity index (χ2v) is 23.9. The number of unbranched alkanes of at least 4 members (excludes halogenated alkanes) is 50. The standard InChI is InChI=1S/C71H135NO5/c1-3-5-7-9-11-13-15-17-18-37-40-43-47-51-55-59-63-69(74)68(67-73)72-70(75)64-60-56-52-48-44-41-38-35-33-31-29-27-25-23-21-19-20-22-24-26-28-30-32-34-36-39-42-46-50-54-58-62-66-77-71(76)65-61-57-53-49-45-16-14-12-10-8-6-4-2/h12,14,22,24,59,63,68-69,73-74H,3-11,13,15-21,23,25-58,60-62,64-67H2,1-2H3,(H,72,75)/b14-12-,24-22-,63-59+. The van der Waals surface area contributed by atoms with E-state index in [1.54, 1.807) is 6.08 Å². The zero-order valence-corrected chi connectivity index (χ0v) is 52.0. The van der Waals surface area contributed by atoms with Crippen LogP contribution in [0.5, 0.6) is 0 Å². The van der Waals surface area contributed by atoms with Crippen molar-refractivity contribution in [1.29, 1.82) is 0 Å². The number of carbonyl (C=O) groups excluding carboxylic acids is 2. The summed E-state index contributed by atoms with van der Waals surface area (Å²) in [6.45, 7) is 4.90. The number of aliphatic hydroxyl groups is 2. The van der Waals surface area contributed by atoms with E-state index in [0.717, 1.165) is 44.9 Å². The van der Waals surface area contributed by atoms with Gasteiger partial charge in [-0.1, -0.05) is 320 Å². The molecular formula is C71H135NO5. The van der Waals surface area contributed by atoms with E-state index in [1.807, 2.05) is 6.08 Å². The molecule has 0 spiro atoms. The summed E-state index contributed by atoms with van der Waals surface area (Å²) in [7, 11) is 0. The normalized spacial score (nSPS) is 12.7. The quantitative estimate of drug-likeness (QED) is 0.0320. The summed E-state index contributed by atoms with van der Waals surface area (Å²) < 4.78 is 5.47. The Kier molecular flexibility index (Phi) is 64.9. The van der Waals surface area contributed by atoms with Crippen LogP contribution >= 0.6 is 0 Å². The lowest BCUT2D eigenvalue weighted by Crippen LogP contribution is -2.45. The Balaban J connectivity index is 3.37. The average molecular weight is 1080 g/mol. The van der Waals surface area contributed by atoms with Gasteiger partial charge in [-0.05, 0) is 83.5 Å². The molecule has 77 heavy (non-hydrogen) atoms. The Morgan fingerprint density at radius 3 is 0.948 bits per heavy atom. The number of rotatable bonds is 65. The van der Waals surface area contributed by atoms with Crippen LogP contribution in [-0.4, -0.2) is 47.4 Å². The third kappa shape index (κ3) is 63.1. The first-order valence-electron chi connectivity index (χ1n) is 34.8. The molecule has 0 aromatic heterocycles. The zero-order valence-electron chi connectivity index (χ0n) is 52.0. The number of hydrogen-bond donors (Lipinski definition) is 3. The van der Waals surface area contributed by atoms with E-state index in [0.29, 0.717) is 19.4 Å². The number of ether oxygens (including phenoxy) is 1. The lowest BCUT2D eigenvalue weighted by atomic mass is 10.0. The number of esters is 1. The van der Waals surface area contributed by atoms with Crippen molar-refractivity contribution >= 4 is 11.9 Å². The van der Waals surface area contributed by atoms with Crippen LogP contribution in [0.15, 0.2) is 36.5 Å². The first kappa shape index (κ1) is 75.1. The maximum atomic E-state index is 12.5. The van der Waals surface area contributed by atoms with Crippen LogP contribution in [0.25, 0.3) is 0 Å². The summed E-state index contributed by atoms with van der Waals surface area (Å²) in [6, 6.07) is -0.626. The molecule has 6 nitrogen and oxygen atoms in total. The molecule has 0 aliphatic rings. The molecule has 3 N–H and O–H groups in total. The summed E-state index contributed by atoms with van der Waals surface area (Å²) in [5.74, 6) is -0.0550. The predicted octanol–water partition coefficient (Wildman–Crippen LogP) is 22.3. The van der Waals surface area contributed by atoms with Gasteiger partial charge in [-0.2, -0.15) is 0 Å². The number of nitrogens with one attached hydrogen (secondary N) is 1. The van der Waals surface area contributed by atoms with Crippen molar-refractivity contribution in [2.24, 2.45) is 0 Å². The van der Waals surface area contributed by atoms with Gasteiger partial charge in [0.1, 0.15) is 0 Å². The number of aliphatic hydroxyl groups excluding tert-OH is 2. The van der Waals surface area contributed by atoms with E-state index >= 15 is 0 Å². The van der Waals surface area contributed by atoms with Gasteiger partial charge in [0.2, 0.25) is 5.91 Å². The van der Waals surface area contributed by atoms with Crippen LogP contribution in [-0.2, 0) is 14.3 Å². The van der Waals surface area contributed by atoms with Crippen molar-refractivity contribution in [3.05, 3.63) is 36.5 Å². The molecule has 0 radical (unpaired) electrons. The third-order valence-electron chi connectivity index (χ3n) is 16.1. The highest BCUT2D eigenvalue weighted by Gasteiger charge is 2.18. The number of amides is 1. The van der Waals surface area contributed by atoms with Crippen molar-refractivity contribution in [2.45, 2.75) is 392 Å². The predicted molar refractivity (Wildman–Crippen MR) is 338 cm³/mol. The summed E-state index contributed by atoms with van der Waals surface area (Å²) in [5, 5.41) is 23.2. The van der Waals surface area contributed by atoms with E-state index in [1.165, 1.54) is 308 Å². The third-order valence-corrected chi connectivity index (χ3v) is 16.1. The molecule has 0 aliphatic heterocycles. The molecule has 0 fully saturated rings. The van der Waals surface area contributed by atoms with Crippen molar-refractivity contribution in [3.63, 3.8) is 0 Å². The molecule has 0 saturated carbocycles. The molecular weight excluding hydrogens is 947 g/mol. The van der Waals surface area contributed by atoms with Gasteiger partial charge in [0, 0.05) is 12.8 Å². The van der Waals surface area contributed by atoms with Crippen LogP contribution < -0.4 is 5.32 Å². The molecule has 0 heterocycles. The van der Waals surface area contributed by atoms with E-state index < -0.39 is 12.1 Å². The molecule has 6 heteroatoms. The number of hydrogen-bond acceptors (Lipinski definition) is 5. The first-order valence-corrected chi connectivity index (χ1v) is 34.8. The van der Waals surface area contributed by atoms with Gasteiger partial charge in [-0.15, -0.1) is 0 Å². The SMILES string of the molecule is CCCCC/C=C\CCCCCCCC(=O)OCCCCCCCCCCCCCC/C=C\CCCCCCCCCCCCCCCCCCC(=O)NC(CO)C(O)/C=C/CCCCCCCCCCCCCCCC. The van der Waals surface area contributed by atoms with Crippen molar-refractivity contribution in [3.8, 4) is 0 Å². The highest BCUT2D eigenvalue weighted by atomic mass is 16.5. The Hall–Kier alpha value is -1.92. The fourth-order valence-electron chi connectivity index (χ4n) is 10.8. The minimum absolute atomic E-state index is 0.00797. The van der Waals surface area contributed by atoms with Crippen molar-refractivity contribution < 1.29 is 24.5 Å². The fourth-order valence-corrected chi connectivity index (χ4v) is 10.8. The van der Waals surface area contributed by atoms with E-state index in [2.05, 4.69) is 43.5 Å². The van der Waals surface area contributed by atoms with Crippen LogP contribution in [0.2, 0.25) is 0 Å². The zero-order chi connectivity index (χ0) is 55.7. The van der Waals surface area contributed by atoms with Crippen molar-refractivity contribution in [1.82, 2.24) is 5.32 Å². The van der Waals surface area contributed by atoms with Gasteiger partial charge in [0.25, 0.3) is 0 Å².